The third-order valence-electron chi connectivity index (χ3n) is 4.48. The summed E-state index contributed by atoms with van der Waals surface area (Å²) in [6, 6.07) is 7.98. The number of carbonyl (C=O) groups is 2. The normalized spacial score (nSPS) is 17.3. The molecule has 2 rings (SSSR count). The molecular weight excluding hydrogens is 348 g/mol. The van der Waals surface area contributed by atoms with Gasteiger partial charge in [-0.3, -0.25) is 9.59 Å². The largest absolute Gasteiger partial charge is 0.497 e. The average molecular weight is 379 g/mol. The molecule has 1 aliphatic rings. The summed E-state index contributed by atoms with van der Waals surface area (Å²) in [5.41, 5.74) is 1.09. The van der Waals surface area contributed by atoms with Crippen molar-refractivity contribution in [1.82, 2.24) is 9.80 Å². The fraction of sp³-hybridized carbons (Fsp3) is 0.600. The summed E-state index contributed by atoms with van der Waals surface area (Å²) in [7, 11) is 1.64. The van der Waals surface area contributed by atoms with Gasteiger partial charge in [0.25, 0.3) is 0 Å². The summed E-state index contributed by atoms with van der Waals surface area (Å²) in [5.74, 6) is 1.92. The van der Waals surface area contributed by atoms with E-state index in [-0.39, 0.29) is 23.2 Å². The molecule has 0 saturated carbocycles. The third kappa shape index (κ3) is 5.16. The van der Waals surface area contributed by atoms with E-state index >= 15 is 0 Å². The molecule has 0 bridgehead atoms. The van der Waals surface area contributed by atoms with Gasteiger partial charge in [-0.05, 0) is 37.5 Å². The van der Waals surface area contributed by atoms with Crippen LogP contribution in [0.4, 0.5) is 0 Å². The molecule has 1 aromatic rings. The van der Waals surface area contributed by atoms with E-state index in [0.717, 1.165) is 11.3 Å². The molecule has 1 saturated heterocycles. The van der Waals surface area contributed by atoms with E-state index in [9.17, 15) is 9.59 Å². The Kier molecular flexibility index (Phi) is 7.38. The fourth-order valence-electron chi connectivity index (χ4n) is 3.09. The number of rotatable bonds is 8. The molecule has 1 heterocycles. The maximum absolute atomic E-state index is 12.5. The van der Waals surface area contributed by atoms with Gasteiger partial charge in [-0.1, -0.05) is 26.0 Å². The Hall–Kier alpha value is -1.69. The number of methoxy groups -OCH3 is 1. The van der Waals surface area contributed by atoms with Gasteiger partial charge in [0.1, 0.15) is 11.1 Å². The molecule has 0 aliphatic carbocycles. The van der Waals surface area contributed by atoms with Gasteiger partial charge in [-0.15, -0.1) is 11.8 Å². The summed E-state index contributed by atoms with van der Waals surface area (Å²) in [5, 5.41) is 0.00243. The first-order valence-corrected chi connectivity index (χ1v) is 10.2. The number of nitrogens with zero attached hydrogens (tertiary/aromatic N) is 2. The van der Waals surface area contributed by atoms with Gasteiger partial charge in [0, 0.05) is 25.6 Å². The molecule has 0 aromatic heterocycles. The van der Waals surface area contributed by atoms with Crippen LogP contribution in [0.15, 0.2) is 24.3 Å². The van der Waals surface area contributed by atoms with Crippen LogP contribution in [-0.4, -0.2) is 53.6 Å². The Morgan fingerprint density at radius 2 is 1.92 bits per heavy atom. The first-order chi connectivity index (χ1) is 12.3. The fourth-order valence-corrected chi connectivity index (χ4v) is 4.31. The van der Waals surface area contributed by atoms with Crippen LogP contribution in [0, 0.1) is 5.92 Å². The molecule has 1 aliphatic heterocycles. The molecule has 144 valence electrons. The highest BCUT2D eigenvalue weighted by atomic mass is 32.2. The van der Waals surface area contributed by atoms with Crippen LogP contribution in [0.5, 0.6) is 5.75 Å². The summed E-state index contributed by atoms with van der Waals surface area (Å²) in [6.45, 7) is 9.29. The smallest absolute Gasteiger partial charge is 0.233 e. The summed E-state index contributed by atoms with van der Waals surface area (Å²) < 4.78 is 5.21. The lowest BCUT2D eigenvalue weighted by molar-refractivity contribution is -0.136. The summed E-state index contributed by atoms with van der Waals surface area (Å²) in [6.07, 6.45) is 0.544. The molecule has 1 aromatic carbocycles. The second kappa shape index (κ2) is 9.31. The number of hydrogen-bond acceptors (Lipinski definition) is 4. The maximum atomic E-state index is 12.5. The first-order valence-electron chi connectivity index (χ1n) is 9.18. The number of hydrogen-bond donors (Lipinski definition) is 0. The van der Waals surface area contributed by atoms with E-state index in [4.69, 9.17) is 4.74 Å². The highest BCUT2D eigenvalue weighted by Gasteiger charge is 2.33. The number of ether oxygens (including phenoxy) is 1. The second-order valence-electron chi connectivity index (χ2n) is 7.30. The zero-order chi connectivity index (χ0) is 19.3. The quantitative estimate of drug-likeness (QED) is 0.694. The van der Waals surface area contributed by atoms with Crippen molar-refractivity contribution >= 4 is 23.6 Å². The number of carbonyl (C=O) groups excluding carboxylic acids is 2. The molecule has 6 heteroatoms. The maximum Gasteiger partial charge on any atom is 0.233 e. The van der Waals surface area contributed by atoms with Crippen LogP contribution in [-0.2, 0) is 9.59 Å². The molecular formula is C20H30N2O3S. The van der Waals surface area contributed by atoms with Gasteiger partial charge in [-0.25, -0.2) is 0 Å². The van der Waals surface area contributed by atoms with Crippen LogP contribution >= 0.6 is 11.8 Å². The molecule has 1 fully saturated rings. The zero-order valence-corrected chi connectivity index (χ0v) is 17.2. The van der Waals surface area contributed by atoms with Crippen molar-refractivity contribution < 1.29 is 14.3 Å². The second-order valence-corrected chi connectivity index (χ2v) is 8.37. The van der Waals surface area contributed by atoms with Crippen molar-refractivity contribution in [2.75, 3.05) is 26.0 Å². The molecule has 0 unspecified atom stereocenters. The lowest BCUT2D eigenvalue weighted by Crippen LogP contribution is -2.43. The molecule has 0 radical (unpaired) electrons. The Morgan fingerprint density at radius 1 is 1.27 bits per heavy atom. The van der Waals surface area contributed by atoms with Gasteiger partial charge >= 0.3 is 0 Å². The van der Waals surface area contributed by atoms with Crippen molar-refractivity contribution in [3.05, 3.63) is 29.8 Å². The Morgan fingerprint density at radius 3 is 2.46 bits per heavy atom. The predicted molar refractivity (Wildman–Crippen MR) is 106 cm³/mol. The van der Waals surface area contributed by atoms with Crippen LogP contribution in [0.1, 0.15) is 45.1 Å². The summed E-state index contributed by atoms with van der Waals surface area (Å²) in [4.78, 5) is 28.7. The van der Waals surface area contributed by atoms with E-state index in [2.05, 4.69) is 13.8 Å². The number of thioether (sulfide) groups is 1. The Bertz CT molecular complexity index is 616. The predicted octanol–water partition coefficient (Wildman–Crippen LogP) is 3.55. The van der Waals surface area contributed by atoms with Crippen molar-refractivity contribution in [2.24, 2.45) is 5.92 Å². The Balaban J connectivity index is 2.06. The number of amides is 2. The standard InChI is InChI=1S/C20H30N2O3S/c1-14(2)12-18(23)21(15(3)4)10-11-22-19(24)13-26-20(22)16-6-8-17(25-5)9-7-16/h6-9,14-15,20H,10-13H2,1-5H3/t20-/m0/s1. The minimum absolute atomic E-state index is 0.00243. The highest BCUT2D eigenvalue weighted by molar-refractivity contribution is 8.00. The van der Waals surface area contributed by atoms with Gasteiger partial charge in [0.05, 0.1) is 12.9 Å². The van der Waals surface area contributed by atoms with Crippen LogP contribution in [0.25, 0.3) is 0 Å². The van der Waals surface area contributed by atoms with Crippen LogP contribution < -0.4 is 4.74 Å². The van der Waals surface area contributed by atoms with E-state index in [1.165, 1.54) is 0 Å². The third-order valence-corrected chi connectivity index (χ3v) is 5.73. The van der Waals surface area contributed by atoms with E-state index in [1.807, 2.05) is 47.9 Å². The summed E-state index contributed by atoms with van der Waals surface area (Å²) >= 11 is 1.64. The van der Waals surface area contributed by atoms with Gasteiger partial charge < -0.3 is 14.5 Å². The molecule has 5 nitrogen and oxygen atoms in total. The zero-order valence-electron chi connectivity index (χ0n) is 16.4. The van der Waals surface area contributed by atoms with Gasteiger partial charge in [0.15, 0.2) is 0 Å². The topological polar surface area (TPSA) is 49.9 Å². The van der Waals surface area contributed by atoms with Crippen molar-refractivity contribution in [3.63, 3.8) is 0 Å². The molecule has 26 heavy (non-hydrogen) atoms. The molecule has 0 spiro atoms. The molecule has 1 atom stereocenters. The average Bonchev–Trinajstić information content (AvgIpc) is 2.95. The van der Waals surface area contributed by atoms with E-state index < -0.39 is 0 Å². The minimum Gasteiger partial charge on any atom is -0.497 e. The highest BCUT2D eigenvalue weighted by Crippen LogP contribution is 2.38. The van der Waals surface area contributed by atoms with Gasteiger partial charge in [0.2, 0.25) is 11.8 Å². The molecule has 2 amide bonds. The van der Waals surface area contributed by atoms with Crippen LogP contribution in [0.3, 0.4) is 0 Å². The van der Waals surface area contributed by atoms with E-state index in [0.29, 0.717) is 31.2 Å². The number of benzene rings is 1. The van der Waals surface area contributed by atoms with Crippen molar-refractivity contribution in [2.45, 2.75) is 45.5 Å². The van der Waals surface area contributed by atoms with Crippen molar-refractivity contribution in [1.29, 1.82) is 0 Å². The first kappa shape index (κ1) is 20.6. The van der Waals surface area contributed by atoms with Gasteiger partial charge in [-0.2, -0.15) is 0 Å². The Labute approximate surface area is 161 Å². The van der Waals surface area contributed by atoms with E-state index in [1.54, 1.807) is 18.9 Å². The lowest BCUT2D eigenvalue weighted by Gasteiger charge is -2.31. The SMILES string of the molecule is COc1ccc([C@@H]2SCC(=O)N2CCN(C(=O)CC(C)C)C(C)C)cc1. The van der Waals surface area contributed by atoms with Crippen LogP contribution in [0.2, 0.25) is 0 Å². The molecule has 0 N–H and O–H groups in total. The minimum atomic E-state index is 0.00243. The monoisotopic (exact) mass is 378 g/mol. The van der Waals surface area contributed by atoms with Crippen molar-refractivity contribution in [3.8, 4) is 5.75 Å². The lowest BCUT2D eigenvalue weighted by atomic mass is 10.1.